The molecule has 0 atom stereocenters. The molecule has 22 heavy (non-hydrogen) atoms. The van der Waals surface area contributed by atoms with Crippen molar-refractivity contribution < 1.29 is 9.59 Å². The number of amides is 1. The van der Waals surface area contributed by atoms with Gasteiger partial charge >= 0.3 is 0 Å². The van der Waals surface area contributed by atoms with Crippen molar-refractivity contribution in [2.45, 2.75) is 30.9 Å². The van der Waals surface area contributed by atoms with Gasteiger partial charge in [-0.05, 0) is 43.3 Å². The molecule has 0 aliphatic heterocycles. The number of thioether (sulfide) groups is 1. The third-order valence-electron chi connectivity index (χ3n) is 3.02. The first-order chi connectivity index (χ1) is 10.5. The Kier molecular flexibility index (Phi) is 5.39. The normalized spacial score (nSPS) is 10.5. The van der Waals surface area contributed by atoms with Gasteiger partial charge in [0.05, 0.1) is 0 Å². The van der Waals surface area contributed by atoms with Crippen LogP contribution >= 0.6 is 11.8 Å². The van der Waals surface area contributed by atoms with E-state index in [1.807, 2.05) is 24.3 Å². The minimum Gasteiger partial charge on any atom is -0.322 e. The van der Waals surface area contributed by atoms with E-state index in [-0.39, 0.29) is 11.7 Å². The first-order valence-corrected chi connectivity index (χ1v) is 8.03. The summed E-state index contributed by atoms with van der Waals surface area (Å²) in [4.78, 5) is 24.7. The molecule has 2 rings (SSSR count). The maximum atomic E-state index is 12.2. The fraction of sp³-hybridized carbons (Fsp3) is 0.222. The molecule has 0 bridgehead atoms. The minimum absolute atomic E-state index is 0.0221. The zero-order chi connectivity index (χ0) is 16.1. The topological polar surface area (TPSA) is 46.2 Å². The second-order valence-corrected chi connectivity index (χ2v) is 6.93. The summed E-state index contributed by atoms with van der Waals surface area (Å²) >= 11 is 1.76. The fourth-order valence-corrected chi connectivity index (χ4v) is 2.81. The van der Waals surface area contributed by atoms with Crippen LogP contribution in [0.5, 0.6) is 0 Å². The highest BCUT2D eigenvalue weighted by atomic mass is 32.2. The second kappa shape index (κ2) is 7.27. The molecule has 1 amide bonds. The summed E-state index contributed by atoms with van der Waals surface area (Å²) in [5, 5.41) is 3.32. The summed E-state index contributed by atoms with van der Waals surface area (Å²) in [6, 6.07) is 14.5. The van der Waals surface area contributed by atoms with Gasteiger partial charge in [-0.3, -0.25) is 9.59 Å². The number of Topliss-reactive ketones (excluding diaryl/α,β-unsaturated/α-hetero) is 1. The van der Waals surface area contributed by atoms with E-state index in [9.17, 15) is 9.59 Å². The van der Waals surface area contributed by atoms with Crippen LogP contribution < -0.4 is 5.32 Å². The van der Waals surface area contributed by atoms with E-state index in [1.54, 1.807) is 36.0 Å². The van der Waals surface area contributed by atoms with Gasteiger partial charge in [-0.1, -0.05) is 26.0 Å². The van der Waals surface area contributed by atoms with Crippen LogP contribution in [0, 0.1) is 0 Å². The number of ketones is 1. The van der Waals surface area contributed by atoms with Crippen LogP contribution in [0.25, 0.3) is 0 Å². The van der Waals surface area contributed by atoms with E-state index in [0.29, 0.717) is 22.1 Å². The quantitative estimate of drug-likeness (QED) is 0.646. The number of anilines is 1. The molecule has 0 saturated carbocycles. The molecule has 4 heteroatoms. The van der Waals surface area contributed by atoms with Gasteiger partial charge in [0, 0.05) is 27.0 Å². The van der Waals surface area contributed by atoms with Gasteiger partial charge in [-0.15, -0.1) is 11.8 Å². The van der Waals surface area contributed by atoms with E-state index in [1.165, 1.54) is 6.92 Å². The first-order valence-electron chi connectivity index (χ1n) is 7.15. The molecule has 2 aromatic rings. The molecule has 2 aromatic carbocycles. The smallest absolute Gasteiger partial charge is 0.255 e. The predicted octanol–water partition coefficient (Wildman–Crippen LogP) is 4.64. The average molecular weight is 313 g/mol. The number of hydrogen-bond donors (Lipinski definition) is 1. The number of carbonyl (C=O) groups excluding carboxylic acids is 2. The molecular weight excluding hydrogens is 294 g/mol. The summed E-state index contributed by atoms with van der Waals surface area (Å²) < 4.78 is 0. The molecule has 0 heterocycles. The first kappa shape index (κ1) is 16.3. The number of nitrogens with one attached hydrogen (secondary N) is 1. The van der Waals surface area contributed by atoms with Gasteiger partial charge in [0.2, 0.25) is 0 Å². The van der Waals surface area contributed by atoms with Gasteiger partial charge < -0.3 is 5.32 Å². The maximum Gasteiger partial charge on any atom is 0.255 e. The van der Waals surface area contributed by atoms with Crippen LogP contribution in [0.2, 0.25) is 0 Å². The number of benzene rings is 2. The highest BCUT2D eigenvalue weighted by Gasteiger charge is 2.08. The van der Waals surface area contributed by atoms with E-state index in [2.05, 4.69) is 19.2 Å². The molecule has 3 nitrogen and oxygen atoms in total. The lowest BCUT2D eigenvalue weighted by Crippen LogP contribution is -2.12. The van der Waals surface area contributed by atoms with Gasteiger partial charge in [0.15, 0.2) is 5.78 Å². The van der Waals surface area contributed by atoms with Gasteiger partial charge in [-0.2, -0.15) is 0 Å². The van der Waals surface area contributed by atoms with Crippen molar-refractivity contribution in [2.75, 3.05) is 5.32 Å². The molecule has 0 unspecified atom stereocenters. The summed E-state index contributed by atoms with van der Waals surface area (Å²) in [7, 11) is 0. The lowest BCUT2D eigenvalue weighted by molar-refractivity contribution is 0.101. The van der Waals surface area contributed by atoms with Gasteiger partial charge in [0.25, 0.3) is 5.91 Å². The maximum absolute atomic E-state index is 12.2. The largest absolute Gasteiger partial charge is 0.322 e. The Morgan fingerprint density at radius 1 is 1.00 bits per heavy atom. The fourth-order valence-electron chi connectivity index (χ4n) is 1.98. The SMILES string of the molecule is CC(=O)c1cccc(NC(=O)c2ccc(SC(C)C)cc2)c1. The van der Waals surface area contributed by atoms with Crippen molar-refractivity contribution in [1.29, 1.82) is 0 Å². The van der Waals surface area contributed by atoms with Crippen LogP contribution in [0.15, 0.2) is 53.4 Å². The monoisotopic (exact) mass is 313 g/mol. The third kappa shape index (κ3) is 4.46. The molecule has 0 fully saturated rings. The predicted molar refractivity (Wildman–Crippen MR) is 91.8 cm³/mol. The number of rotatable bonds is 5. The van der Waals surface area contributed by atoms with Crippen molar-refractivity contribution in [3.8, 4) is 0 Å². The Balaban J connectivity index is 2.08. The van der Waals surface area contributed by atoms with Gasteiger partial charge in [0.1, 0.15) is 0 Å². The lowest BCUT2D eigenvalue weighted by Gasteiger charge is -2.08. The zero-order valence-corrected chi connectivity index (χ0v) is 13.7. The molecule has 114 valence electrons. The van der Waals surface area contributed by atoms with Crippen molar-refractivity contribution in [3.63, 3.8) is 0 Å². The van der Waals surface area contributed by atoms with E-state index in [0.717, 1.165) is 4.90 Å². The Hall–Kier alpha value is -2.07. The molecule has 1 N–H and O–H groups in total. The molecule has 0 saturated heterocycles. The minimum atomic E-state index is -0.179. The lowest BCUT2D eigenvalue weighted by atomic mass is 10.1. The molecule has 0 spiro atoms. The standard InChI is InChI=1S/C18H19NO2S/c1-12(2)22-17-9-7-14(8-10-17)18(21)19-16-6-4-5-15(11-16)13(3)20/h4-12H,1-3H3,(H,19,21). The summed E-state index contributed by atoms with van der Waals surface area (Å²) in [6.07, 6.45) is 0. The molecule has 0 aliphatic carbocycles. The Morgan fingerprint density at radius 2 is 1.68 bits per heavy atom. The van der Waals surface area contributed by atoms with Crippen molar-refractivity contribution in [3.05, 3.63) is 59.7 Å². The average Bonchev–Trinajstić information content (AvgIpc) is 2.47. The van der Waals surface area contributed by atoms with Crippen molar-refractivity contribution >= 4 is 29.1 Å². The highest BCUT2D eigenvalue weighted by molar-refractivity contribution is 7.99. The van der Waals surface area contributed by atoms with Crippen LogP contribution in [0.4, 0.5) is 5.69 Å². The second-order valence-electron chi connectivity index (χ2n) is 5.28. The van der Waals surface area contributed by atoms with Crippen LogP contribution in [-0.4, -0.2) is 16.9 Å². The van der Waals surface area contributed by atoms with Crippen molar-refractivity contribution in [1.82, 2.24) is 0 Å². The Labute approximate surface area is 135 Å². The van der Waals surface area contributed by atoms with Gasteiger partial charge in [-0.25, -0.2) is 0 Å². The summed E-state index contributed by atoms with van der Waals surface area (Å²) in [5.74, 6) is -0.201. The highest BCUT2D eigenvalue weighted by Crippen LogP contribution is 2.23. The number of carbonyl (C=O) groups is 2. The zero-order valence-electron chi connectivity index (χ0n) is 12.9. The van der Waals surface area contributed by atoms with E-state index >= 15 is 0 Å². The molecule has 0 radical (unpaired) electrons. The molecule has 0 aliphatic rings. The van der Waals surface area contributed by atoms with Crippen LogP contribution in [-0.2, 0) is 0 Å². The third-order valence-corrected chi connectivity index (χ3v) is 4.03. The van der Waals surface area contributed by atoms with Crippen molar-refractivity contribution in [2.24, 2.45) is 0 Å². The van der Waals surface area contributed by atoms with Crippen LogP contribution in [0.1, 0.15) is 41.5 Å². The van der Waals surface area contributed by atoms with E-state index in [4.69, 9.17) is 0 Å². The Morgan fingerprint density at radius 3 is 2.27 bits per heavy atom. The summed E-state index contributed by atoms with van der Waals surface area (Å²) in [6.45, 7) is 5.77. The molecular formula is C18H19NO2S. The van der Waals surface area contributed by atoms with E-state index < -0.39 is 0 Å². The number of hydrogen-bond acceptors (Lipinski definition) is 3. The van der Waals surface area contributed by atoms with Crippen LogP contribution in [0.3, 0.4) is 0 Å². The molecule has 0 aromatic heterocycles. The summed E-state index contributed by atoms with van der Waals surface area (Å²) in [5.41, 5.74) is 1.81. The Bertz CT molecular complexity index is 678.